The summed E-state index contributed by atoms with van der Waals surface area (Å²) < 4.78 is 77.0. The summed E-state index contributed by atoms with van der Waals surface area (Å²) >= 11 is 8.95. The summed E-state index contributed by atoms with van der Waals surface area (Å²) in [4.78, 5) is 4.30. The van der Waals surface area contributed by atoms with Gasteiger partial charge in [0.2, 0.25) is 0 Å². The van der Waals surface area contributed by atoms with Crippen LogP contribution < -0.4 is 11.0 Å². The number of hydrogen-bond acceptors (Lipinski definition) is 8. The lowest BCUT2D eigenvalue weighted by Gasteiger charge is -2.41. The van der Waals surface area contributed by atoms with E-state index in [4.69, 9.17) is 16.3 Å². The summed E-state index contributed by atoms with van der Waals surface area (Å²) in [6.07, 6.45) is -6.90. The summed E-state index contributed by atoms with van der Waals surface area (Å²) in [7, 11) is 0. The van der Waals surface area contributed by atoms with Crippen molar-refractivity contribution >= 4 is 33.2 Å². The molecule has 16 heteroatoms. The van der Waals surface area contributed by atoms with Crippen LogP contribution in [-0.2, 0) is 10.9 Å². The summed E-state index contributed by atoms with van der Waals surface area (Å²) in [5.74, 6) is -2.07. The second-order valence-electron chi connectivity index (χ2n) is 9.14. The average Bonchev–Trinajstić information content (AvgIpc) is 3.54. The number of halogens is 7. The molecule has 3 unspecified atom stereocenters. The smallest absolute Gasteiger partial charge is 0.394 e. The van der Waals surface area contributed by atoms with E-state index in [1.54, 1.807) is 0 Å². The van der Waals surface area contributed by atoms with Crippen LogP contribution in [0.2, 0.25) is 5.02 Å². The highest BCUT2D eigenvalue weighted by molar-refractivity contribution is 9.10. The molecule has 4 N–H and O–H groups in total. The van der Waals surface area contributed by atoms with E-state index >= 15 is 0 Å². The lowest BCUT2D eigenvalue weighted by atomic mass is 9.94. The number of ether oxygens (including phenoxy) is 1. The number of benzene rings is 2. The van der Waals surface area contributed by atoms with Crippen molar-refractivity contribution in [2.75, 3.05) is 6.61 Å². The monoisotopic (exact) mass is 650 g/mol. The zero-order valence-electron chi connectivity index (χ0n) is 20.4. The highest BCUT2D eigenvalue weighted by Gasteiger charge is 2.44. The Labute approximate surface area is 237 Å². The minimum Gasteiger partial charge on any atom is -0.394 e. The molecule has 0 bridgehead atoms. The Balaban J connectivity index is 1.51. The first-order chi connectivity index (χ1) is 18.9. The molecule has 1 fully saturated rings. The lowest BCUT2D eigenvalue weighted by molar-refractivity contribution is -0.170. The Hall–Kier alpha value is -2.82. The number of aryl methyl sites for hydroxylation is 1. The third-order valence-corrected chi connectivity index (χ3v) is 7.39. The topological polar surface area (TPSA) is 108 Å². The molecule has 1 aromatic heterocycles. The van der Waals surface area contributed by atoms with E-state index in [1.165, 1.54) is 30.3 Å². The van der Waals surface area contributed by atoms with Crippen LogP contribution in [0.25, 0.3) is 11.4 Å². The zero-order chi connectivity index (χ0) is 28.9. The van der Waals surface area contributed by atoms with E-state index in [9.17, 15) is 32.2 Å². The van der Waals surface area contributed by atoms with Crippen LogP contribution in [0.3, 0.4) is 0 Å². The largest absolute Gasteiger partial charge is 0.418 e. The third kappa shape index (κ3) is 5.29. The molecule has 214 valence electrons. The molecule has 0 radical (unpaired) electrons. The molecule has 2 aliphatic rings. The molecule has 3 aromatic rings. The maximum absolute atomic E-state index is 14.6. The first-order valence-electron chi connectivity index (χ1n) is 11.8. The predicted octanol–water partition coefficient (Wildman–Crippen LogP) is 4.16. The molecule has 2 aromatic carbocycles. The van der Waals surface area contributed by atoms with Crippen molar-refractivity contribution in [2.45, 2.75) is 43.9 Å². The standard InChI is InChI=1S/C24H21BrClF5N6O3/c1-10-32-23(37(34-10)16-6-11(26)2-4-13(16)24(29,30)31)18-7-17(22(39)19(9-38)40-18)36-8-15(33-35-36)12-3-5-14(25)21(28)20(12)27/h2-6,8,17-19,22,33,35,38-39H,7,9H2,1H3/t17?,18-,19?,22?/m1/s1. The van der Waals surface area contributed by atoms with Crippen molar-refractivity contribution in [3.05, 3.63) is 80.4 Å². The second kappa shape index (κ2) is 10.9. The summed E-state index contributed by atoms with van der Waals surface area (Å²) in [6, 6.07) is 4.86. The average molecular weight is 652 g/mol. The van der Waals surface area contributed by atoms with Gasteiger partial charge in [0.05, 0.1) is 34.1 Å². The molecule has 9 nitrogen and oxygen atoms in total. The minimum absolute atomic E-state index is 0.0157. The summed E-state index contributed by atoms with van der Waals surface area (Å²) in [5, 5.41) is 26.4. The van der Waals surface area contributed by atoms with Gasteiger partial charge in [0, 0.05) is 23.2 Å². The van der Waals surface area contributed by atoms with Crippen molar-refractivity contribution in [2.24, 2.45) is 0 Å². The van der Waals surface area contributed by atoms with Gasteiger partial charge in [-0.2, -0.15) is 18.3 Å². The zero-order valence-corrected chi connectivity index (χ0v) is 22.8. The number of aliphatic hydroxyl groups is 2. The minimum atomic E-state index is -4.73. The number of nitrogens with zero attached hydrogens (tertiary/aromatic N) is 4. The van der Waals surface area contributed by atoms with E-state index in [0.717, 1.165) is 22.9 Å². The number of alkyl halides is 3. The Morgan fingerprint density at radius 1 is 1.20 bits per heavy atom. The van der Waals surface area contributed by atoms with Crippen LogP contribution in [0.1, 0.15) is 35.3 Å². The molecule has 0 aliphatic carbocycles. The predicted molar refractivity (Wildman–Crippen MR) is 135 cm³/mol. The van der Waals surface area contributed by atoms with Crippen molar-refractivity contribution in [3.63, 3.8) is 0 Å². The second-order valence-corrected chi connectivity index (χ2v) is 10.4. The van der Waals surface area contributed by atoms with Crippen molar-refractivity contribution in [1.29, 1.82) is 0 Å². The van der Waals surface area contributed by atoms with Gasteiger partial charge in [0.15, 0.2) is 17.5 Å². The normalized spacial score (nSPS) is 23.4. The highest BCUT2D eigenvalue weighted by Crippen LogP contribution is 2.39. The maximum atomic E-state index is 14.6. The van der Waals surface area contributed by atoms with Gasteiger partial charge in [-0.25, -0.2) is 18.4 Å². The molecular formula is C24H21BrClF5N6O3. The number of rotatable bonds is 5. The fourth-order valence-electron chi connectivity index (χ4n) is 4.66. The Morgan fingerprint density at radius 3 is 2.65 bits per heavy atom. The molecule has 40 heavy (non-hydrogen) atoms. The molecule has 3 heterocycles. The fraction of sp³-hybridized carbons (Fsp3) is 0.333. The summed E-state index contributed by atoms with van der Waals surface area (Å²) in [5.41, 5.74) is 4.14. The van der Waals surface area contributed by atoms with Crippen LogP contribution in [0.15, 0.2) is 41.0 Å². The van der Waals surface area contributed by atoms with Crippen LogP contribution in [0.4, 0.5) is 22.0 Å². The molecular weight excluding hydrogens is 631 g/mol. The van der Waals surface area contributed by atoms with Gasteiger partial charge in [-0.05, 0) is 53.2 Å². The van der Waals surface area contributed by atoms with E-state index in [-0.39, 0.29) is 44.5 Å². The van der Waals surface area contributed by atoms with Crippen LogP contribution >= 0.6 is 27.5 Å². The van der Waals surface area contributed by atoms with Gasteiger partial charge in [0.25, 0.3) is 0 Å². The molecule has 1 saturated heterocycles. The molecule has 2 aliphatic heterocycles. The molecule has 0 spiro atoms. The van der Waals surface area contributed by atoms with E-state index in [1.807, 2.05) is 0 Å². The number of hydrogen-bond donors (Lipinski definition) is 4. The Morgan fingerprint density at radius 2 is 1.95 bits per heavy atom. The fourth-order valence-corrected chi connectivity index (χ4v) is 5.14. The van der Waals surface area contributed by atoms with Gasteiger partial charge in [-0.15, -0.1) is 5.53 Å². The maximum Gasteiger partial charge on any atom is 0.418 e. The van der Waals surface area contributed by atoms with Gasteiger partial charge >= 0.3 is 6.18 Å². The van der Waals surface area contributed by atoms with Crippen LogP contribution in [0.5, 0.6) is 0 Å². The molecule has 5 rings (SSSR count). The van der Waals surface area contributed by atoms with Gasteiger partial charge in [-0.1, -0.05) is 11.6 Å². The number of aliphatic hydroxyl groups excluding tert-OH is 2. The van der Waals surface area contributed by atoms with Crippen LogP contribution in [0, 0.1) is 18.6 Å². The summed E-state index contributed by atoms with van der Waals surface area (Å²) in [6.45, 7) is 0.861. The Bertz CT molecular complexity index is 1470. The third-order valence-electron chi connectivity index (χ3n) is 6.54. The van der Waals surface area contributed by atoms with Crippen molar-refractivity contribution in [3.8, 4) is 5.69 Å². The van der Waals surface area contributed by atoms with Crippen LogP contribution in [-0.4, -0.2) is 54.8 Å². The first kappa shape index (κ1) is 28.7. The lowest BCUT2D eigenvalue weighted by Crippen LogP contribution is -2.57. The van der Waals surface area contributed by atoms with Gasteiger partial charge in [0.1, 0.15) is 24.1 Å². The van der Waals surface area contributed by atoms with E-state index in [2.05, 4.69) is 37.0 Å². The number of nitrogens with one attached hydrogen (secondary N) is 2. The first-order valence-corrected chi connectivity index (χ1v) is 13.0. The molecule has 0 saturated carbocycles. The SMILES string of the molecule is Cc1nc([C@H]2CC(N3C=C(c4ccc(Br)c(F)c4F)NN3)C(O)C(CO)O2)n(-c2cc(Cl)ccc2C(F)(F)F)n1. The van der Waals surface area contributed by atoms with E-state index in [0.29, 0.717) is 0 Å². The van der Waals surface area contributed by atoms with Gasteiger partial charge < -0.3 is 20.4 Å². The molecule has 0 amide bonds. The quantitative estimate of drug-likeness (QED) is 0.241. The number of aromatic nitrogens is 3. The highest BCUT2D eigenvalue weighted by atomic mass is 79.9. The Kier molecular flexibility index (Phi) is 7.80. The molecule has 4 atom stereocenters. The number of hydrazine groups is 2. The van der Waals surface area contributed by atoms with Gasteiger partial charge in [-0.3, -0.25) is 5.01 Å². The van der Waals surface area contributed by atoms with Crippen molar-refractivity contribution in [1.82, 2.24) is 30.7 Å². The van der Waals surface area contributed by atoms with Crippen molar-refractivity contribution < 1.29 is 36.9 Å². The van der Waals surface area contributed by atoms with E-state index < -0.39 is 54.3 Å².